The fourth-order valence-electron chi connectivity index (χ4n) is 4.99. The van der Waals surface area contributed by atoms with Gasteiger partial charge in [-0.15, -0.1) is 0 Å². The number of hydrazone groups is 1. The number of amides is 3. The number of carbonyl (C=O) groups excluding carboxylic acids is 3. The van der Waals surface area contributed by atoms with Crippen molar-refractivity contribution in [2.24, 2.45) is 15.4 Å². The molecule has 184 valence electrons. The van der Waals surface area contributed by atoms with Gasteiger partial charge >= 0.3 is 0 Å². The Kier molecular flexibility index (Phi) is 5.60. The van der Waals surface area contributed by atoms with Crippen LogP contribution in [0.25, 0.3) is 0 Å². The molecule has 9 nitrogen and oxygen atoms in total. The third kappa shape index (κ3) is 3.98. The van der Waals surface area contributed by atoms with Crippen LogP contribution in [0.4, 0.5) is 5.69 Å². The van der Waals surface area contributed by atoms with E-state index in [-0.39, 0.29) is 18.5 Å². The number of aryl methyl sites for hydroxylation is 1. The van der Waals surface area contributed by atoms with Crippen LogP contribution in [0.5, 0.6) is 0 Å². The minimum atomic E-state index is -0.964. The van der Waals surface area contributed by atoms with Crippen LogP contribution in [-0.2, 0) is 14.4 Å². The van der Waals surface area contributed by atoms with Gasteiger partial charge in [-0.05, 0) is 30.2 Å². The van der Waals surface area contributed by atoms with Gasteiger partial charge in [0.2, 0.25) is 0 Å². The second-order valence-electron chi connectivity index (χ2n) is 9.32. The smallest absolute Gasteiger partial charge is 0.264 e. The molecule has 0 spiro atoms. The van der Waals surface area contributed by atoms with Gasteiger partial charge in [-0.2, -0.15) is 10.2 Å². The highest BCUT2D eigenvalue weighted by Gasteiger charge is 2.55. The van der Waals surface area contributed by atoms with Crippen LogP contribution in [0.15, 0.2) is 100 Å². The Bertz CT molecular complexity index is 1420. The lowest BCUT2D eigenvalue weighted by Gasteiger charge is -2.25. The van der Waals surface area contributed by atoms with Crippen LogP contribution in [0.1, 0.15) is 29.2 Å². The number of anilines is 1. The molecule has 6 rings (SSSR count). The van der Waals surface area contributed by atoms with Crippen molar-refractivity contribution in [2.45, 2.75) is 31.5 Å². The molecule has 0 saturated carbocycles. The molecular weight excluding hydrogens is 468 g/mol. The summed E-state index contributed by atoms with van der Waals surface area (Å²) in [6, 6.07) is 24.4. The first-order valence-corrected chi connectivity index (χ1v) is 12.1. The molecule has 3 atom stereocenters. The summed E-state index contributed by atoms with van der Waals surface area (Å²) in [6.45, 7) is 1.71. The zero-order chi connectivity index (χ0) is 25.5. The van der Waals surface area contributed by atoms with Crippen molar-refractivity contribution in [3.63, 3.8) is 0 Å². The molecule has 0 unspecified atom stereocenters. The van der Waals surface area contributed by atoms with Gasteiger partial charge in [-0.25, -0.2) is 9.91 Å². The summed E-state index contributed by atoms with van der Waals surface area (Å²) in [6.07, 6.45) is 0.561. The molecule has 0 bridgehead atoms. The number of nitrogens with zero attached hydrogens (tertiary/aromatic N) is 6. The van der Waals surface area contributed by atoms with Crippen LogP contribution in [0, 0.1) is 6.92 Å². The second kappa shape index (κ2) is 9.09. The van der Waals surface area contributed by atoms with Gasteiger partial charge < -0.3 is 0 Å². The number of fused-ring (bicyclic) bond motifs is 1. The lowest BCUT2D eigenvalue weighted by Crippen LogP contribution is -2.44. The highest BCUT2D eigenvalue weighted by atomic mass is 16.2. The normalized spacial score (nSPS) is 22.6. The van der Waals surface area contributed by atoms with Gasteiger partial charge in [0.15, 0.2) is 12.1 Å². The van der Waals surface area contributed by atoms with Crippen LogP contribution >= 0.6 is 0 Å². The van der Waals surface area contributed by atoms with Crippen molar-refractivity contribution in [3.8, 4) is 0 Å². The molecule has 0 aliphatic carbocycles. The van der Waals surface area contributed by atoms with Gasteiger partial charge in [0.25, 0.3) is 17.7 Å². The second-order valence-corrected chi connectivity index (χ2v) is 9.32. The van der Waals surface area contributed by atoms with E-state index < -0.39 is 23.9 Å². The van der Waals surface area contributed by atoms with Gasteiger partial charge in [0.1, 0.15) is 6.54 Å². The van der Waals surface area contributed by atoms with Crippen molar-refractivity contribution in [3.05, 3.63) is 102 Å². The molecule has 1 saturated heterocycles. The highest BCUT2D eigenvalue weighted by molar-refractivity contribution is 6.25. The maximum absolute atomic E-state index is 13.6. The van der Waals surface area contributed by atoms with E-state index in [0.717, 1.165) is 27.3 Å². The Morgan fingerprint density at radius 1 is 0.892 bits per heavy atom. The predicted octanol–water partition coefficient (Wildman–Crippen LogP) is 3.67. The number of hydrogen-bond donors (Lipinski definition) is 0. The Morgan fingerprint density at radius 3 is 2.27 bits per heavy atom. The fourth-order valence-corrected chi connectivity index (χ4v) is 4.99. The molecular formula is C28H24N6O3. The SMILES string of the molecule is Cc1ccc(N2C(=O)[C@@H]3N=NN(CC(=O)N4N=C(c5ccccc5)C[C@@H]4c4ccccc4)[C@H]3C2=O)cc1. The average Bonchev–Trinajstić information content (AvgIpc) is 3.61. The predicted molar refractivity (Wildman–Crippen MR) is 136 cm³/mol. The van der Waals surface area contributed by atoms with Crippen molar-refractivity contribution in [2.75, 3.05) is 11.4 Å². The number of rotatable bonds is 5. The molecule has 37 heavy (non-hydrogen) atoms. The molecule has 0 radical (unpaired) electrons. The number of benzene rings is 3. The molecule has 3 aromatic carbocycles. The Balaban J connectivity index is 1.25. The fraction of sp³-hybridized carbons (Fsp3) is 0.214. The molecule has 3 aliphatic heterocycles. The largest absolute Gasteiger partial charge is 0.271 e. The summed E-state index contributed by atoms with van der Waals surface area (Å²) in [5.41, 5.74) is 4.22. The number of hydrogen-bond acceptors (Lipinski definition) is 7. The third-order valence-electron chi connectivity index (χ3n) is 6.90. The Morgan fingerprint density at radius 2 is 1.57 bits per heavy atom. The van der Waals surface area contributed by atoms with Gasteiger partial charge in [-0.3, -0.25) is 19.4 Å². The molecule has 1 fully saturated rings. The van der Waals surface area contributed by atoms with E-state index in [0.29, 0.717) is 12.1 Å². The van der Waals surface area contributed by atoms with Crippen molar-refractivity contribution in [1.29, 1.82) is 0 Å². The van der Waals surface area contributed by atoms with Crippen LogP contribution in [-0.4, -0.2) is 52.1 Å². The van der Waals surface area contributed by atoms with Crippen molar-refractivity contribution >= 4 is 29.1 Å². The van der Waals surface area contributed by atoms with E-state index in [1.54, 1.807) is 12.1 Å². The zero-order valence-electron chi connectivity index (χ0n) is 20.1. The lowest BCUT2D eigenvalue weighted by atomic mass is 9.98. The van der Waals surface area contributed by atoms with E-state index in [9.17, 15) is 14.4 Å². The molecule has 3 aliphatic rings. The van der Waals surface area contributed by atoms with Crippen LogP contribution < -0.4 is 4.90 Å². The quantitative estimate of drug-likeness (QED) is 0.508. The summed E-state index contributed by atoms with van der Waals surface area (Å²) < 4.78 is 0. The molecule has 0 aromatic heterocycles. The summed E-state index contributed by atoms with van der Waals surface area (Å²) >= 11 is 0. The van der Waals surface area contributed by atoms with E-state index in [1.165, 1.54) is 10.0 Å². The Hall–Kier alpha value is -4.66. The zero-order valence-corrected chi connectivity index (χ0v) is 20.1. The van der Waals surface area contributed by atoms with Gasteiger partial charge in [0.05, 0.1) is 17.4 Å². The molecule has 3 heterocycles. The summed E-state index contributed by atoms with van der Waals surface area (Å²) in [7, 11) is 0. The molecule has 9 heteroatoms. The maximum atomic E-state index is 13.6. The summed E-state index contributed by atoms with van der Waals surface area (Å²) in [4.78, 5) is 41.1. The molecule has 3 aromatic rings. The molecule has 0 N–H and O–H groups in total. The van der Waals surface area contributed by atoms with Crippen LogP contribution in [0.3, 0.4) is 0 Å². The molecule has 3 amide bonds. The lowest BCUT2D eigenvalue weighted by molar-refractivity contribution is -0.135. The van der Waals surface area contributed by atoms with Crippen molar-refractivity contribution in [1.82, 2.24) is 10.0 Å². The average molecular weight is 493 g/mol. The van der Waals surface area contributed by atoms with Crippen LogP contribution in [0.2, 0.25) is 0 Å². The minimum Gasteiger partial charge on any atom is -0.271 e. The van der Waals surface area contributed by atoms with Gasteiger partial charge in [-0.1, -0.05) is 83.6 Å². The van der Waals surface area contributed by atoms with E-state index in [4.69, 9.17) is 0 Å². The van der Waals surface area contributed by atoms with Crippen molar-refractivity contribution < 1.29 is 14.4 Å². The van der Waals surface area contributed by atoms with E-state index >= 15 is 0 Å². The summed E-state index contributed by atoms with van der Waals surface area (Å²) in [5.74, 6) is -1.20. The first-order chi connectivity index (χ1) is 18.0. The highest BCUT2D eigenvalue weighted by Crippen LogP contribution is 2.35. The van der Waals surface area contributed by atoms with Gasteiger partial charge in [0, 0.05) is 6.42 Å². The monoisotopic (exact) mass is 492 g/mol. The Labute approximate surface area is 213 Å². The number of carbonyl (C=O) groups is 3. The number of imide groups is 1. The van der Waals surface area contributed by atoms with E-state index in [2.05, 4.69) is 15.4 Å². The minimum absolute atomic E-state index is 0.222. The first kappa shape index (κ1) is 22.8. The maximum Gasteiger partial charge on any atom is 0.264 e. The van der Waals surface area contributed by atoms with E-state index in [1.807, 2.05) is 79.7 Å². The third-order valence-corrected chi connectivity index (χ3v) is 6.90. The first-order valence-electron chi connectivity index (χ1n) is 12.1. The topological polar surface area (TPSA) is 98.0 Å². The standard InChI is InChI=1S/C28H24N6O3/c1-18-12-14-21(15-13-18)33-27(36)25-26(28(33)37)32(31-29-25)17-24(35)34-23(20-10-6-3-7-11-20)16-22(30-34)19-8-4-2-5-9-19/h2-15,23,25-26H,16-17H2,1H3/t23-,25-,26-/m1/s1. The summed E-state index contributed by atoms with van der Waals surface area (Å²) in [5, 5.41) is 15.6.